The summed E-state index contributed by atoms with van der Waals surface area (Å²) in [5.74, 6) is 0.622. The quantitative estimate of drug-likeness (QED) is 0.764. The van der Waals surface area contributed by atoms with Gasteiger partial charge in [0.15, 0.2) is 0 Å². The number of aryl methyl sites for hydroxylation is 2. The van der Waals surface area contributed by atoms with Crippen LogP contribution in [0.15, 0.2) is 30.3 Å². The number of aromatic nitrogens is 2. The summed E-state index contributed by atoms with van der Waals surface area (Å²) in [6.45, 7) is 4.38. The van der Waals surface area contributed by atoms with E-state index in [4.69, 9.17) is 0 Å². The van der Waals surface area contributed by atoms with Crippen LogP contribution in [0, 0.1) is 6.92 Å². The number of aliphatic hydroxyl groups is 1. The lowest BCUT2D eigenvalue weighted by Crippen LogP contribution is -2.43. The molecule has 7 heteroatoms. The molecular weight excluding hydrogens is 318 g/mol. The van der Waals surface area contributed by atoms with Crippen LogP contribution < -0.4 is 10.6 Å². The molecule has 1 aliphatic heterocycles. The molecule has 0 saturated carbocycles. The number of β-amino-alcohol motifs (C(OH)–C–C–N with tert-alkyl or cyclic N) is 1. The summed E-state index contributed by atoms with van der Waals surface area (Å²) in [6, 6.07) is 9.86. The van der Waals surface area contributed by atoms with E-state index in [0.29, 0.717) is 12.4 Å². The standard InChI is InChI=1S/C18H25N5O2/c1-13-9-17(22(2)21-13)20-18(25)19-10-16(24)12-23-8-7-14-5-3-4-6-15(14)11-23/h3-6,9,16,24H,7-8,10-12H2,1-2H3,(H2,19,20,25). The molecule has 1 aromatic heterocycles. The summed E-state index contributed by atoms with van der Waals surface area (Å²) < 4.78 is 1.61. The molecule has 1 aliphatic rings. The second-order valence-electron chi connectivity index (χ2n) is 6.54. The van der Waals surface area contributed by atoms with Crippen molar-refractivity contribution in [1.29, 1.82) is 0 Å². The first-order valence-electron chi connectivity index (χ1n) is 8.54. The van der Waals surface area contributed by atoms with Crippen LogP contribution in [0.3, 0.4) is 0 Å². The number of carbonyl (C=O) groups is 1. The number of aliphatic hydroxyl groups excluding tert-OH is 1. The predicted octanol–water partition coefficient (Wildman–Crippen LogP) is 1.27. The first kappa shape index (κ1) is 17.4. The number of urea groups is 1. The Balaban J connectivity index is 1.43. The minimum Gasteiger partial charge on any atom is -0.390 e. The molecule has 1 aromatic carbocycles. The largest absolute Gasteiger partial charge is 0.390 e. The van der Waals surface area contributed by atoms with Crippen molar-refractivity contribution in [3.05, 3.63) is 47.2 Å². The average Bonchev–Trinajstić information content (AvgIpc) is 2.90. The number of nitrogens with zero attached hydrogens (tertiary/aromatic N) is 3. The maximum absolute atomic E-state index is 11.9. The van der Waals surface area contributed by atoms with Crippen LogP contribution in [0.25, 0.3) is 0 Å². The SMILES string of the molecule is Cc1cc(NC(=O)NCC(O)CN2CCc3ccccc3C2)n(C)n1. The zero-order valence-electron chi connectivity index (χ0n) is 14.7. The normalized spacial score (nSPS) is 15.5. The lowest BCUT2D eigenvalue weighted by Gasteiger charge is -2.30. The van der Waals surface area contributed by atoms with E-state index >= 15 is 0 Å². The molecule has 2 aromatic rings. The molecule has 0 aliphatic carbocycles. The third-order valence-electron chi connectivity index (χ3n) is 4.42. The highest BCUT2D eigenvalue weighted by Gasteiger charge is 2.18. The summed E-state index contributed by atoms with van der Waals surface area (Å²) in [5, 5.41) is 19.8. The summed E-state index contributed by atoms with van der Waals surface area (Å²) in [6.07, 6.45) is 0.390. The molecule has 7 nitrogen and oxygen atoms in total. The fraction of sp³-hybridized carbons (Fsp3) is 0.444. The third kappa shape index (κ3) is 4.58. The number of hydrogen-bond donors (Lipinski definition) is 3. The molecule has 3 rings (SSSR count). The first-order valence-corrected chi connectivity index (χ1v) is 8.54. The van der Waals surface area contributed by atoms with Crippen LogP contribution in [0.4, 0.5) is 10.6 Å². The number of fused-ring (bicyclic) bond motifs is 1. The molecule has 1 unspecified atom stereocenters. The van der Waals surface area contributed by atoms with Crippen molar-refractivity contribution in [2.24, 2.45) is 7.05 Å². The van der Waals surface area contributed by atoms with Crippen LogP contribution in [0.1, 0.15) is 16.8 Å². The Morgan fingerprint density at radius 3 is 2.84 bits per heavy atom. The molecular formula is C18H25N5O2. The van der Waals surface area contributed by atoms with Crippen LogP contribution in [0.2, 0.25) is 0 Å². The topological polar surface area (TPSA) is 82.4 Å². The van der Waals surface area contributed by atoms with E-state index in [1.807, 2.05) is 13.0 Å². The van der Waals surface area contributed by atoms with E-state index < -0.39 is 6.10 Å². The van der Waals surface area contributed by atoms with Gasteiger partial charge in [-0.05, 0) is 24.5 Å². The molecule has 3 N–H and O–H groups in total. The number of amides is 2. The van der Waals surface area contributed by atoms with Crippen molar-refractivity contribution < 1.29 is 9.90 Å². The van der Waals surface area contributed by atoms with Gasteiger partial charge >= 0.3 is 6.03 Å². The fourth-order valence-electron chi connectivity index (χ4n) is 3.17. The Hall–Kier alpha value is -2.38. The average molecular weight is 343 g/mol. The van der Waals surface area contributed by atoms with Crippen molar-refractivity contribution in [3.8, 4) is 0 Å². The zero-order chi connectivity index (χ0) is 17.8. The molecule has 1 atom stereocenters. The minimum absolute atomic E-state index is 0.209. The fourth-order valence-corrected chi connectivity index (χ4v) is 3.17. The number of anilines is 1. The van der Waals surface area contributed by atoms with E-state index in [0.717, 1.165) is 25.2 Å². The lowest BCUT2D eigenvalue weighted by molar-refractivity contribution is 0.106. The van der Waals surface area contributed by atoms with Crippen molar-refractivity contribution in [1.82, 2.24) is 20.0 Å². The highest BCUT2D eigenvalue weighted by atomic mass is 16.3. The molecule has 25 heavy (non-hydrogen) atoms. The van der Waals surface area contributed by atoms with E-state index in [1.54, 1.807) is 17.8 Å². The molecule has 2 amide bonds. The van der Waals surface area contributed by atoms with Crippen LogP contribution in [0.5, 0.6) is 0 Å². The van der Waals surface area contributed by atoms with Crippen LogP contribution in [-0.4, -0.2) is 51.6 Å². The molecule has 0 bridgehead atoms. The van der Waals surface area contributed by atoms with E-state index in [-0.39, 0.29) is 12.6 Å². The first-order chi connectivity index (χ1) is 12.0. The highest BCUT2D eigenvalue weighted by Crippen LogP contribution is 2.18. The smallest absolute Gasteiger partial charge is 0.320 e. The van der Waals surface area contributed by atoms with Crippen LogP contribution in [-0.2, 0) is 20.0 Å². The molecule has 0 saturated heterocycles. The number of benzene rings is 1. The second-order valence-corrected chi connectivity index (χ2v) is 6.54. The maximum atomic E-state index is 11.9. The molecule has 2 heterocycles. The van der Waals surface area contributed by atoms with Crippen molar-refractivity contribution in [3.63, 3.8) is 0 Å². The third-order valence-corrected chi connectivity index (χ3v) is 4.42. The van der Waals surface area contributed by atoms with Gasteiger partial charge in [-0.1, -0.05) is 24.3 Å². The lowest BCUT2D eigenvalue weighted by atomic mass is 10.00. The maximum Gasteiger partial charge on any atom is 0.320 e. The predicted molar refractivity (Wildman–Crippen MR) is 96.4 cm³/mol. The van der Waals surface area contributed by atoms with Gasteiger partial charge in [0.05, 0.1) is 11.8 Å². The van der Waals surface area contributed by atoms with Crippen molar-refractivity contribution in [2.45, 2.75) is 26.0 Å². The molecule has 0 radical (unpaired) electrons. The Morgan fingerprint density at radius 1 is 1.36 bits per heavy atom. The van der Waals surface area contributed by atoms with E-state index in [1.165, 1.54) is 11.1 Å². The highest BCUT2D eigenvalue weighted by molar-refractivity contribution is 5.88. The van der Waals surface area contributed by atoms with E-state index in [2.05, 4.69) is 38.8 Å². The number of rotatable bonds is 5. The summed E-state index contributed by atoms with van der Waals surface area (Å²) in [7, 11) is 1.77. The van der Waals surface area contributed by atoms with Gasteiger partial charge in [-0.3, -0.25) is 14.9 Å². The monoisotopic (exact) mass is 343 g/mol. The Morgan fingerprint density at radius 2 is 2.12 bits per heavy atom. The summed E-state index contributed by atoms with van der Waals surface area (Å²) >= 11 is 0. The van der Waals surface area contributed by atoms with Gasteiger partial charge in [-0.25, -0.2) is 4.79 Å². The Kier molecular flexibility index (Phi) is 5.35. The molecule has 134 valence electrons. The zero-order valence-corrected chi connectivity index (χ0v) is 14.7. The van der Waals surface area contributed by atoms with Gasteiger partial charge in [-0.2, -0.15) is 5.10 Å². The van der Waals surface area contributed by atoms with Gasteiger partial charge in [-0.15, -0.1) is 0 Å². The summed E-state index contributed by atoms with van der Waals surface area (Å²) in [5.41, 5.74) is 3.54. The van der Waals surface area contributed by atoms with E-state index in [9.17, 15) is 9.90 Å². The summed E-state index contributed by atoms with van der Waals surface area (Å²) in [4.78, 5) is 14.2. The Bertz CT molecular complexity index is 743. The number of nitrogens with one attached hydrogen (secondary N) is 2. The Labute approximate surface area is 147 Å². The van der Waals surface area contributed by atoms with Gasteiger partial charge < -0.3 is 10.4 Å². The minimum atomic E-state index is -0.607. The molecule has 0 spiro atoms. The van der Waals surface area contributed by atoms with Gasteiger partial charge in [0.2, 0.25) is 0 Å². The molecule has 0 fully saturated rings. The van der Waals surface area contributed by atoms with Crippen molar-refractivity contribution in [2.75, 3.05) is 25.0 Å². The number of carbonyl (C=O) groups excluding carboxylic acids is 1. The van der Waals surface area contributed by atoms with Gasteiger partial charge in [0, 0.05) is 39.3 Å². The van der Waals surface area contributed by atoms with Crippen molar-refractivity contribution >= 4 is 11.8 Å². The van der Waals surface area contributed by atoms with Gasteiger partial charge in [0.1, 0.15) is 5.82 Å². The van der Waals surface area contributed by atoms with Gasteiger partial charge in [0.25, 0.3) is 0 Å². The second kappa shape index (κ2) is 7.67. The number of hydrogen-bond acceptors (Lipinski definition) is 4. The van der Waals surface area contributed by atoms with Crippen LogP contribution >= 0.6 is 0 Å².